The number of hydrogen-bond acceptors (Lipinski definition) is 2. The first kappa shape index (κ1) is 11.5. The number of halogens is 3. The van der Waals surface area contributed by atoms with Gasteiger partial charge >= 0.3 is 0 Å². The fourth-order valence-electron chi connectivity index (χ4n) is 1.21. The van der Waals surface area contributed by atoms with Crippen molar-refractivity contribution in [2.75, 3.05) is 0 Å². The highest BCUT2D eigenvalue weighted by molar-refractivity contribution is 6.34. The molecule has 0 atom stereocenters. The van der Waals surface area contributed by atoms with Crippen LogP contribution in [0.4, 0.5) is 0 Å². The Morgan fingerprint density at radius 2 is 1.81 bits per heavy atom. The van der Waals surface area contributed by atoms with E-state index in [1.165, 1.54) is 12.1 Å². The maximum atomic E-state index is 11.6. The predicted octanol–water partition coefficient (Wildman–Crippen LogP) is 3.19. The molecule has 0 saturated carbocycles. The molecule has 2 rings (SSSR count). The summed E-state index contributed by atoms with van der Waals surface area (Å²) in [6.07, 6.45) is 0. The number of benzene rings is 1. The zero-order chi connectivity index (χ0) is 11.7. The first-order valence-corrected chi connectivity index (χ1v) is 5.42. The summed E-state index contributed by atoms with van der Waals surface area (Å²) in [6.45, 7) is 0. The van der Waals surface area contributed by atoms with E-state index in [1.54, 1.807) is 18.2 Å². The molecule has 0 N–H and O–H groups in total. The number of hydrogen-bond donors (Lipinski definition) is 0. The maximum absolute atomic E-state index is 11.6. The van der Waals surface area contributed by atoms with Crippen molar-refractivity contribution >= 4 is 34.8 Å². The summed E-state index contributed by atoms with van der Waals surface area (Å²) in [5, 5.41) is 4.92. The van der Waals surface area contributed by atoms with Crippen LogP contribution in [0.25, 0.3) is 5.69 Å². The Morgan fingerprint density at radius 1 is 1.06 bits per heavy atom. The molecule has 0 amide bonds. The molecule has 0 unspecified atom stereocenters. The molecule has 0 bridgehead atoms. The van der Waals surface area contributed by atoms with Gasteiger partial charge in [-0.25, -0.2) is 0 Å². The van der Waals surface area contributed by atoms with E-state index in [0.717, 1.165) is 4.68 Å². The maximum Gasteiger partial charge on any atom is 0.271 e. The van der Waals surface area contributed by atoms with Crippen molar-refractivity contribution in [3.8, 4) is 5.69 Å². The summed E-state index contributed by atoms with van der Waals surface area (Å²) in [5.41, 5.74) is 0.0789. The highest BCUT2D eigenvalue weighted by Crippen LogP contribution is 2.22. The van der Waals surface area contributed by atoms with Gasteiger partial charge in [-0.05, 0) is 24.3 Å². The zero-order valence-corrected chi connectivity index (χ0v) is 10.1. The largest absolute Gasteiger partial charge is 0.271 e. The van der Waals surface area contributed by atoms with E-state index in [9.17, 15) is 4.79 Å². The molecule has 0 aliphatic rings. The lowest BCUT2D eigenvalue weighted by Gasteiger charge is -2.06. The third-order valence-corrected chi connectivity index (χ3v) is 2.66. The normalized spacial score (nSPS) is 10.4. The van der Waals surface area contributed by atoms with Gasteiger partial charge in [0.05, 0.1) is 10.7 Å². The molecular weight excluding hydrogens is 270 g/mol. The van der Waals surface area contributed by atoms with Gasteiger partial charge in [-0.3, -0.25) is 4.79 Å². The monoisotopic (exact) mass is 274 g/mol. The summed E-state index contributed by atoms with van der Waals surface area (Å²) >= 11 is 17.5. The summed E-state index contributed by atoms with van der Waals surface area (Å²) in [6, 6.07) is 7.50. The lowest BCUT2D eigenvalue weighted by molar-refractivity contribution is 0.808. The molecule has 0 spiro atoms. The van der Waals surface area contributed by atoms with Gasteiger partial charge in [-0.1, -0.05) is 34.8 Å². The molecule has 1 heterocycles. The quantitative estimate of drug-likeness (QED) is 0.801. The van der Waals surface area contributed by atoms with Crippen LogP contribution in [0.3, 0.4) is 0 Å². The number of aromatic nitrogens is 2. The van der Waals surface area contributed by atoms with Gasteiger partial charge in [0.15, 0.2) is 0 Å². The van der Waals surface area contributed by atoms with E-state index in [1.807, 2.05) is 0 Å². The Morgan fingerprint density at radius 3 is 2.56 bits per heavy atom. The van der Waals surface area contributed by atoms with Gasteiger partial charge < -0.3 is 0 Å². The standard InChI is InChI=1S/C10H5Cl3N2O/c11-6-1-2-7(12)8(5-6)15-10(16)4-3-9(13)14-15/h1-5H. The Kier molecular flexibility index (Phi) is 3.19. The van der Waals surface area contributed by atoms with Crippen LogP contribution in [0.1, 0.15) is 0 Å². The van der Waals surface area contributed by atoms with Crippen LogP contribution in [0.5, 0.6) is 0 Å². The smallest absolute Gasteiger partial charge is 0.267 e. The van der Waals surface area contributed by atoms with Crippen molar-refractivity contribution in [2.24, 2.45) is 0 Å². The summed E-state index contributed by atoms with van der Waals surface area (Å²) < 4.78 is 1.11. The van der Waals surface area contributed by atoms with E-state index in [4.69, 9.17) is 34.8 Å². The van der Waals surface area contributed by atoms with Gasteiger partial charge in [0.25, 0.3) is 5.56 Å². The van der Waals surface area contributed by atoms with Crippen molar-refractivity contribution < 1.29 is 0 Å². The fraction of sp³-hybridized carbons (Fsp3) is 0. The second-order valence-electron chi connectivity index (χ2n) is 3.00. The molecule has 82 valence electrons. The van der Waals surface area contributed by atoms with Gasteiger partial charge in [0.1, 0.15) is 5.15 Å². The van der Waals surface area contributed by atoms with Gasteiger partial charge in [0, 0.05) is 11.1 Å². The van der Waals surface area contributed by atoms with Crippen molar-refractivity contribution in [1.29, 1.82) is 0 Å². The summed E-state index contributed by atoms with van der Waals surface area (Å²) in [5.74, 6) is 0. The van der Waals surface area contributed by atoms with Gasteiger partial charge in [0.2, 0.25) is 0 Å². The number of rotatable bonds is 1. The first-order valence-electron chi connectivity index (χ1n) is 4.29. The van der Waals surface area contributed by atoms with E-state index in [0.29, 0.717) is 15.7 Å². The minimum atomic E-state index is -0.325. The molecule has 2 aromatic rings. The molecule has 6 heteroatoms. The average molecular weight is 276 g/mol. The van der Waals surface area contributed by atoms with Crippen LogP contribution in [0.15, 0.2) is 35.1 Å². The third kappa shape index (κ3) is 2.21. The lowest BCUT2D eigenvalue weighted by Crippen LogP contribution is -2.20. The summed E-state index contributed by atoms with van der Waals surface area (Å²) in [4.78, 5) is 11.6. The van der Waals surface area contributed by atoms with Gasteiger partial charge in [-0.2, -0.15) is 9.78 Å². The fourth-order valence-corrected chi connectivity index (χ4v) is 1.71. The predicted molar refractivity (Wildman–Crippen MR) is 64.9 cm³/mol. The van der Waals surface area contributed by atoms with E-state index in [2.05, 4.69) is 5.10 Å². The molecule has 0 saturated heterocycles. The SMILES string of the molecule is O=c1ccc(Cl)nn1-c1cc(Cl)ccc1Cl. The minimum Gasteiger partial charge on any atom is -0.267 e. The van der Waals surface area contributed by atoms with Crippen LogP contribution >= 0.6 is 34.8 Å². The van der Waals surface area contributed by atoms with Gasteiger partial charge in [-0.15, -0.1) is 0 Å². The van der Waals surface area contributed by atoms with E-state index < -0.39 is 0 Å². The first-order chi connectivity index (χ1) is 7.58. The van der Waals surface area contributed by atoms with Crippen molar-refractivity contribution in [3.63, 3.8) is 0 Å². The molecule has 0 aliphatic heterocycles. The second-order valence-corrected chi connectivity index (χ2v) is 4.23. The lowest BCUT2D eigenvalue weighted by atomic mass is 10.3. The van der Waals surface area contributed by atoms with Crippen LogP contribution in [0, 0.1) is 0 Å². The van der Waals surface area contributed by atoms with Crippen molar-refractivity contribution in [3.05, 3.63) is 55.9 Å². The number of nitrogens with zero attached hydrogens (tertiary/aromatic N) is 2. The minimum absolute atomic E-state index is 0.204. The summed E-state index contributed by atoms with van der Waals surface area (Å²) in [7, 11) is 0. The van der Waals surface area contributed by atoms with E-state index in [-0.39, 0.29) is 10.7 Å². The molecule has 0 fully saturated rings. The highest BCUT2D eigenvalue weighted by Gasteiger charge is 2.07. The molecule has 1 aromatic heterocycles. The Hall–Kier alpha value is -1.03. The Labute approximate surface area is 106 Å². The van der Waals surface area contributed by atoms with Crippen molar-refractivity contribution in [1.82, 2.24) is 9.78 Å². The molecule has 16 heavy (non-hydrogen) atoms. The zero-order valence-electron chi connectivity index (χ0n) is 7.82. The van der Waals surface area contributed by atoms with Crippen LogP contribution in [-0.2, 0) is 0 Å². The molecule has 0 aliphatic carbocycles. The Bertz CT molecular complexity index is 595. The molecular formula is C10H5Cl3N2O. The Balaban J connectivity index is 2.71. The van der Waals surface area contributed by atoms with E-state index >= 15 is 0 Å². The average Bonchev–Trinajstić information content (AvgIpc) is 2.25. The van der Waals surface area contributed by atoms with Crippen molar-refractivity contribution in [2.45, 2.75) is 0 Å². The van der Waals surface area contributed by atoms with Crippen LogP contribution in [-0.4, -0.2) is 9.78 Å². The topological polar surface area (TPSA) is 34.9 Å². The van der Waals surface area contributed by atoms with Crippen LogP contribution in [0.2, 0.25) is 15.2 Å². The molecule has 3 nitrogen and oxygen atoms in total. The molecule has 1 aromatic carbocycles. The second kappa shape index (κ2) is 4.45. The molecule has 0 radical (unpaired) electrons. The highest BCUT2D eigenvalue weighted by atomic mass is 35.5. The van der Waals surface area contributed by atoms with Crippen LogP contribution < -0.4 is 5.56 Å². The third-order valence-electron chi connectivity index (χ3n) is 1.90.